The minimum absolute atomic E-state index is 0.0145. The lowest BCUT2D eigenvalue weighted by Gasteiger charge is -2.02. The molecule has 92 valence electrons. The maximum atomic E-state index is 11.8. The molecule has 1 heterocycles. The zero-order chi connectivity index (χ0) is 13.0. The van der Waals surface area contributed by atoms with E-state index < -0.39 is 0 Å². The molecule has 2 aromatic rings. The molecule has 0 aliphatic heterocycles. The molecule has 0 aliphatic carbocycles. The second kappa shape index (κ2) is 5.55. The highest BCUT2D eigenvalue weighted by Crippen LogP contribution is 2.07. The van der Waals surface area contributed by atoms with E-state index in [1.54, 1.807) is 29.6 Å². The Labute approximate surface area is 109 Å². The summed E-state index contributed by atoms with van der Waals surface area (Å²) in [5.41, 5.74) is 0.950. The molecule has 1 aromatic heterocycles. The Bertz CT molecular complexity index is 563. The zero-order valence-electron chi connectivity index (χ0n) is 9.84. The number of hydrogen-bond acceptors (Lipinski definition) is 4. The number of carbonyl (C=O) groups excluding carboxylic acids is 2. The van der Waals surface area contributed by atoms with Crippen LogP contribution in [0.2, 0.25) is 0 Å². The van der Waals surface area contributed by atoms with Crippen LogP contribution in [0.15, 0.2) is 35.7 Å². The van der Waals surface area contributed by atoms with Gasteiger partial charge in [0.15, 0.2) is 5.78 Å². The van der Waals surface area contributed by atoms with Gasteiger partial charge in [0.2, 0.25) is 0 Å². The van der Waals surface area contributed by atoms with Gasteiger partial charge in [-0.3, -0.25) is 9.59 Å². The van der Waals surface area contributed by atoms with Crippen molar-refractivity contribution in [2.45, 2.75) is 6.92 Å². The van der Waals surface area contributed by atoms with Crippen molar-refractivity contribution in [3.63, 3.8) is 0 Å². The van der Waals surface area contributed by atoms with E-state index in [4.69, 9.17) is 0 Å². The minimum Gasteiger partial charge on any atom is -0.343 e. The van der Waals surface area contributed by atoms with Crippen molar-refractivity contribution in [2.75, 3.05) is 6.54 Å². The Morgan fingerprint density at radius 1 is 1.28 bits per heavy atom. The highest BCUT2D eigenvalue weighted by Gasteiger charge is 2.11. The van der Waals surface area contributed by atoms with Crippen molar-refractivity contribution in [2.24, 2.45) is 0 Å². The first kappa shape index (κ1) is 12.4. The lowest BCUT2D eigenvalue weighted by molar-refractivity contribution is 0.0901. The number of rotatable bonds is 4. The van der Waals surface area contributed by atoms with Crippen molar-refractivity contribution in [3.8, 4) is 0 Å². The number of ketones is 1. The van der Waals surface area contributed by atoms with Crippen LogP contribution < -0.4 is 5.32 Å². The van der Waals surface area contributed by atoms with E-state index in [0.29, 0.717) is 11.3 Å². The molecule has 1 amide bonds. The number of benzene rings is 1. The fraction of sp³-hybridized carbons (Fsp3) is 0.154. The van der Waals surface area contributed by atoms with Gasteiger partial charge in [0.1, 0.15) is 5.69 Å². The molecule has 0 saturated carbocycles. The van der Waals surface area contributed by atoms with Crippen LogP contribution in [0.25, 0.3) is 0 Å². The Kier molecular flexibility index (Phi) is 3.84. The first-order valence-corrected chi connectivity index (χ1v) is 6.33. The predicted molar refractivity (Wildman–Crippen MR) is 70.0 cm³/mol. The van der Waals surface area contributed by atoms with E-state index >= 15 is 0 Å². The summed E-state index contributed by atoms with van der Waals surface area (Å²) in [6.45, 7) is 1.82. The average molecular weight is 260 g/mol. The molecule has 1 N–H and O–H groups in total. The number of aryl methyl sites for hydroxylation is 1. The van der Waals surface area contributed by atoms with Gasteiger partial charge < -0.3 is 5.32 Å². The van der Waals surface area contributed by atoms with Gasteiger partial charge in [-0.05, 0) is 6.92 Å². The molecular formula is C13H12N2O2S. The molecule has 0 atom stereocenters. The molecular weight excluding hydrogens is 248 g/mol. The number of aromatic nitrogens is 1. The Balaban J connectivity index is 1.92. The maximum absolute atomic E-state index is 11.8. The Morgan fingerprint density at radius 3 is 2.61 bits per heavy atom. The second-order valence-electron chi connectivity index (χ2n) is 3.72. The third-order valence-electron chi connectivity index (χ3n) is 2.36. The van der Waals surface area contributed by atoms with Crippen LogP contribution in [-0.4, -0.2) is 23.2 Å². The first-order valence-electron chi connectivity index (χ1n) is 5.45. The standard InChI is InChI=1S/C13H12N2O2S/c1-9-15-11(8-18-9)13(17)14-7-12(16)10-5-3-2-4-6-10/h2-6,8H,7H2,1H3,(H,14,17). The summed E-state index contributed by atoms with van der Waals surface area (Å²) < 4.78 is 0. The third kappa shape index (κ3) is 3.01. The molecule has 2 rings (SSSR count). The molecule has 0 unspecified atom stereocenters. The summed E-state index contributed by atoms with van der Waals surface area (Å²) >= 11 is 1.41. The summed E-state index contributed by atoms with van der Waals surface area (Å²) in [5.74, 6) is -0.431. The summed E-state index contributed by atoms with van der Waals surface area (Å²) in [5, 5.41) is 5.07. The molecule has 1 aromatic carbocycles. The van der Waals surface area contributed by atoms with Crippen molar-refractivity contribution < 1.29 is 9.59 Å². The van der Waals surface area contributed by atoms with Crippen LogP contribution in [0.5, 0.6) is 0 Å². The normalized spacial score (nSPS) is 10.1. The van der Waals surface area contributed by atoms with E-state index in [-0.39, 0.29) is 18.2 Å². The molecule has 0 radical (unpaired) electrons. The number of thiazole rings is 1. The lowest BCUT2D eigenvalue weighted by Crippen LogP contribution is -2.29. The van der Waals surface area contributed by atoms with Crippen molar-refractivity contribution in [3.05, 3.63) is 52.0 Å². The van der Waals surface area contributed by atoms with Crippen LogP contribution >= 0.6 is 11.3 Å². The Morgan fingerprint density at radius 2 is 2.00 bits per heavy atom. The predicted octanol–water partition coefficient (Wildman–Crippen LogP) is 2.06. The SMILES string of the molecule is Cc1nc(C(=O)NCC(=O)c2ccccc2)cs1. The monoisotopic (exact) mass is 260 g/mol. The van der Waals surface area contributed by atoms with Gasteiger partial charge in [0, 0.05) is 10.9 Å². The topological polar surface area (TPSA) is 59.1 Å². The highest BCUT2D eigenvalue weighted by atomic mass is 32.1. The molecule has 18 heavy (non-hydrogen) atoms. The van der Waals surface area contributed by atoms with Gasteiger partial charge in [-0.25, -0.2) is 4.98 Å². The quantitative estimate of drug-likeness (QED) is 0.856. The van der Waals surface area contributed by atoms with E-state index in [9.17, 15) is 9.59 Å². The second-order valence-corrected chi connectivity index (χ2v) is 4.79. The van der Waals surface area contributed by atoms with Gasteiger partial charge in [-0.15, -0.1) is 11.3 Å². The van der Waals surface area contributed by atoms with E-state index in [1.807, 2.05) is 13.0 Å². The van der Waals surface area contributed by atoms with E-state index in [2.05, 4.69) is 10.3 Å². The smallest absolute Gasteiger partial charge is 0.271 e. The van der Waals surface area contributed by atoms with Crippen LogP contribution in [-0.2, 0) is 0 Å². The van der Waals surface area contributed by atoms with Crippen LogP contribution in [0, 0.1) is 6.92 Å². The zero-order valence-corrected chi connectivity index (χ0v) is 10.7. The number of carbonyl (C=O) groups is 2. The van der Waals surface area contributed by atoms with Gasteiger partial charge in [0.05, 0.1) is 11.6 Å². The summed E-state index contributed by atoms with van der Waals surface area (Å²) in [7, 11) is 0. The molecule has 0 bridgehead atoms. The van der Waals surface area contributed by atoms with Crippen molar-refractivity contribution >= 4 is 23.0 Å². The largest absolute Gasteiger partial charge is 0.343 e. The fourth-order valence-corrected chi connectivity index (χ4v) is 2.04. The number of nitrogens with one attached hydrogen (secondary N) is 1. The average Bonchev–Trinajstić information content (AvgIpc) is 2.83. The first-order chi connectivity index (χ1) is 8.66. The molecule has 0 saturated heterocycles. The van der Waals surface area contributed by atoms with E-state index in [1.165, 1.54) is 11.3 Å². The maximum Gasteiger partial charge on any atom is 0.271 e. The molecule has 0 aliphatic rings. The summed E-state index contributed by atoms with van der Waals surface area (Å²) in [4.78, 5) is 27.5. The van der Waals surface area contributed by atoms with Gasteiger partial charge >= 0.3 is 0 Å². The molecule has 4 nitrogen and oxygen atoms in total. The van der Waals surface area contributed by atoms with Crippen LogP contribution in [0.3, 0.4) is 0 Å². The lowest BCUT2D eigenvalue weighted by atomic mass is 10.1. The van der Waals surface area contributed by atoms with Crippen molar-refractivity contribution in [1.29, 1.82) is 0 Å². The van der Waals surface area contributed by atoms with Crippen LogP contribution in [0.4, 0.5) is 0 Å². The minimum atomic E-state index is -0.316. The molecule has 0 spiro atoms. The molecule has 5 heteroatoms. The van der Waals surface area contributed by atoms with Crippen molar-refractivity contribution in [1.82, 2.24) is 10.3 Å². The fourth-order valence-electron chi connectivity index (χ4n) is 1.44. The van der Waals surface area contributed by atoms with Gasteiger partial charge in [-0.1, -0.05) is 30.3 Å². The Hall–Kier alpha value is -2.01. The third-order valence-corrected chi connectivity index (χ3v) is 3.13. The number of nitrogens with zero attached hydrogens (tertiary/aromatic N) is 1. The number of hydrogen-bond donors (Lipinski definition) is 1. The summed E-state index contributed by atoms with van der Waals surface area (Å²) in [6.07, 6.45) is 0. The number of amides is 1. The molecule has 0 fully saturated rings. The highest BCUT2D eigenvalue weighted by molar-refractivity contribution is 7.09. The van der Waals surface area contributed by atoms with Gasteiger partial charge in [0.25, 0.3) is 5.91 Å². The van der Waals surface area contributed by atoms with E-state index in [0.717, 1.165) is 5.01 Å². The summed E-state index contributed by atoms with van der Waals surface area (Å²) in [6, 6.07) is 8.87. The van der Waals surface area contributed by atoms with Crippen LogP contribution in [0.1, 0.15) is 25.9 Å². The van der Waals surface area contributed by atoms with Gasteiger partial charge in [-0.2, -0.15) is 0 Å². The number of Topliss-reactive ketones (excluding diaryl/α,β-unsaturated/α-hetero) is 1.